The molecule has 0 amide bonds. The fourth-order valence-electron chi connectivity index (χ4n) is 2.91. The van der Waals surface area contributed by atoms with E-state index in [0.29, 0.717) is 30.3 Å². The van der Waals surface area contributed by atoms with Crippen molar-refractivity contribution in [2.75, 3.05) is 13.2 Å². The Hall–Kier alpha value is -1.77. The average molecular weight is 351 g/mol. The molecule has 0 aliphatic carbocycles. The molecule has 0 saturated carbocycles. The van der Waals surface area contributed by atoms with Crippen LogP contribution in [0, 0.1) is 13.8 Å². The third kappa shape index (κ3) is 3.50. The summed E-state index contributed by atoms with van der Waals surface area (Å²) < 4.78 is 38.4. The van der Waals surface area contributed by atoms with Crippen LogP contribution in [-0.2, 0) is 21.3 Å². The summed E-state index contributed by atoms with van der Waals surface area (Å²) in [4.78, 5) is 4.38. The van der Waals surface area contributed by atoms with Crippen molar-refractivity contribution in [2.45, 2.75) is 44.2 Å². The lowest BCUT2D eigenvalue weighted by molar-refractivity contribution is 0.0923. The standard InChI is InChI=1S/C16H21N3O4S/c1-12-16(13(2)23-18-12)24(20,21)19(11-15-7-5-9-22-15)10-14-6-3-4-8-17-14/h3-4,6,8,15H,5,7,9-11H2,1-2H3. The van der Waals surface area contributed by atoms with Gasteiger partial charge in [-0.3, -0.25) is 4.98 Å². The molecule has 0 spiro atoms. The molecule has 1 aliphatic rings. The minimum absolute atomic E-state index is 0.0936. The summed E-state index contributed by atoms with van der Waals surface area (Å²) in [5.41, 5.74) is 1.05. The molecule has 130 valence electrons. The van der Waals surface area contributed by atoms with Gasteiger partial charge in [0.1, 0.15) is 10.6 Å². The zero-order chi connectivity index (χ0) is 17.2. The highest BCUT2D eigenvalue weighted by Gasteiger charge is 2.33. The number of nitrogens with zero attached hydrogens (tertiary/aromatic N) is 3. The summed E-state index contributed by atoms with van der Waals surface area (Å²) in [6, 6.07) is 5.46. The van der Waals surface area contributed by atoms with Crippen molar-refractivity contribution in [1.29, 1.82) is 0 Å². The highest BCUT2D eigenvalue weighted by Crippen LogP contribution is 2.26. The van der Waals surface area contributed by atoms with Crippen LogP contribution < -0.4 is 0 Å². The molecule has 24 heavy (non-hydrogen) atoms. The van der Waals surface area contributed by atoms with E-state index in [1.54, 1.807) is 26.1 Å². The van der Waals surface area contributed by atoms with Crippen LogP contribution in [0.2, 0.25) is 0 Å². The van der Waals surface area contributed by atoms with Crippen LogP contribution in [0.15, 0.2) is 33.8 Å². The molecule has 1 atom stereocenters. The SMILES string of the molecule is Cc1noc(C)c1S(=O)(=O)N(Cc1ccccn1)CC1CCCO1. The van der Waals surface area contributed by atoms with Gasteiger partial charge in [0.05, 0.1) is 18.3 Å². The molecule has 1 saturated heterocycles. The van der Waals surface area contributed by atoms with Gasteiger partial charge >= 0.3 is 0 Å². The van der Waals surface area contributed by atoms with Crippen molar-refractivity contribution in [2.24, 2.45) is 0 Å². The molecule has 0 radical (unpaired) electrons. The van der Waals surface area contributed by atoms with Crippen molar-refractivity contribution in [1.82, 2.24) is 14.4 Å². The van der Waals surface area contributed by atoms with Gasteiger partial charge in [-0.1, -0.05) is 11.2 Å². The summed E-state index contributed by atoms with van der Waals surface area (Å²) in [7, 11) is -3.75. The van der Waals surface area contributed by atoms with Crippen LogP contribution in [0.1, 0.15) is 30.0 Å². The van der Waals surface area contributed by atoms with Crippen molar-refractivity contribution in [3.8, 4) is 0 Å². The highest BCUT2D eigenvalue weighted by atomic mass is 32.2. The van der Waals surface area contributed by atoms with E-state index in [-0.39, 0.29) is 17.5 Å². The van der Waals surface area contributed by atoms with Gasteiger partial charge in [-0.15, -0.1) is 0 Å². The van der Waals surface area contributed by atoms with Crippen LogP contribution in [-0.4, -0.2) is 42.1 Å². The topological polar surface area (TPSA) is 85.5 Å². The van der Waals surface area contributed by atoms with Crippen molar-refractivity contribution in [3.05, 3.63) is 41.5 Å². The first-order valence-electron chi connectivity index (χ1n) is 7.93. The third-order valence-corrected chi connectivity index (χ3v) is 6.12. The van der Waals surface area contributed by atoms with Crippen LogP contribution >= 0.6 is 0 Å². The zero-order valence-corrected chi connectivity index (χ0v) is 14.6. The van der Waals surface area contributed by atoms with E-state index in [0.717, 1.165) is 12.8 Å². The maximum absolute atomic E-state index is 13.2. The quantitative estimate of drug-likeness (QED) is 0.792. The lowest BCUT2D eigenvalue weighted by atomic mass is 10.2. The largest absolute Gasteiger partial charge is 0.377 e. The molecule has 2 aromatic heterocycles. The lowest BCUT2D eigenvalue weighted by Gasteiger charge is -2.24. The number of aryl methyl sites for hydroxylation is 2. The number of pyridine rings is 1. The van der Waals surface area contributed by atoms with E-state index in [1.807, 2.05) is 12.1 Å². The van der Waals surface area contributed by atoms with E-state index in [1.165, 1.54) is 4.31 Å². The molecule has 3 rings (SSSR count). The number of aromatic nitrogens is 2. The van der Waals surface area contributed by atoms with Gasteiger partial charge in [-0.05, 0) is 38.8 Å². The molecular weight excluding hydrogens is 330 g/mol. The first kappa shape index (κ1) is 17.1. The Morgan fingerprint density at radius 2 is 2.17 bits per heavy atom. The van der Waals surface area contributed by atoms with E-state index >= 15 is 0 Å². The van der Waals surface area contributed by atoms with Crippen molar-refractivity contribution >= 4 is 10.0 Å². The monoisotopic (exact) mass is 351 g/mol. The summed E-state index contributed by atoms with van der Waals surface area (Å²) in [6.07, 6.45) is 3.37. The molecule has 1 unspecified atom stereocenters. The minimum Gasteiger partial charge on any atom is -0.377 e. The molecule has 0 N–H and O–H groups in total. The van der Waals surface area contributed by atoms with Gasteiger partial charge < -0.3 is 9.26 Å². The molecular formula is C16H21N3O4S. The third-order valence-electron chi connectivity index (χ3n) is 4.06. The van der Waals surface area contributed by atoms with Gasteiger partial charge in [0, 0.05) is 19.3 Å². The van der Waals surface area contributed by atoms with E-state index in [4.69, 9.17) is 9.26 Å². The first-order valence-corrected chi connectivity index (χ1v) is 9.37. The van der Waals surface area contributed by atoms with E-state index < -0.39 is 10.0 Å². The number of sulfonamides is 1. The van der Waals surface area contributed by atoms with Gasteiger partial charge in [0.15, 0.2) is 5.76 Å². The lowest BCUT2D eigenvalue weighted by Crippen LogP contribution is -2.37. The fraction of sp³-hybridized carbons (Fsp3) is 0.500. The molecule has 0 bridgehead atoms. The summed E-state index contributed by atoms with van der Waals surface area (Å²) >= 11 is 0. The van der Waals surface area contributed by atoms with Crippen LogP contribution in [0.4, 0.5) is 0 Å². The second-order valence-corrected chi connectivity index (χ2v) is 7.78. The first-order chi connectivity index (χ1) is 11.5. The minimum atomic E-state index is -3.75. The summed E-state index contributed by atoms with van der Waals surface area (Å²) in [5.74, 6) is 0.297. The van der Waals surface area contributed by atoms with Gasteiger partial charge in [0.2, 0.25) is 10.0 Å². The predicted octanol–water partition coefficient (Wildman–Crippen LogP) is 2.06. The van der Waals surface area contributed by atoms with Gasteiger partial charge in [-0.2, -0.15) is 4.31 Å². The Morgan fingerprint density at radius 3 is 2.75 bits per heavy atom. The number of ether oxygens (including phenoxy) is 1. The highest BCUT2D eigenvalue weighted by molar-refractivity contribution is 7.89. The molecule has 1 fully saturated rings. The average Bonchev–Trinajstić information content (AvgIpc) is 3.18. The Balaban J connectivity index is 1.93. The summed E-state index contributed by atoms with van der Waals surface area (Å²) in [5, 5.41) is 3.78. The predicted molar refractivity (Wildman–Crippen MR) is 86.8 cm³/mol. The van der Waals surface area contributed by atoms with E-state index in [9.17, 15) is 8.42 Å². The maximum atomic E-state index is 13.2. The molecule has 0 aromatic carbocycles. The maximum Gasteiger partial charge on any atom is 0.248 e. The Labute approximate surface area is 141 Å². The van der Waals surface area contributed by atoms with Crippen molar-refractivity contribution in [3.63, 3.8) is 0 Å². The second-order valence-electron chi connectivity index (χ2n) is 5.91. The van der Waals surface area contributed by atoms with Gasteiger partial charge in [-0.25, -0.2) is 8.42 Å². The van der Waals surface area contributed by atoms with Crippen molar-refractivity contribution < 1.29 is 17.7 Å². The molecule has 8 heteroatoms. The van der Waals surface area contributed by atoms with Crippen LogP contribution in [0.3, 0.4) is 0 Å². The fourth-order valence-corrected chi connectivity index (χ4v) is 4.64. The number of hydrogen-bond donors (Lipinski definition) is 0. The second kappa shape index (κ2) is 7.00. The Kier molecular flexibility index (Phi) is 4.98. The van der Waals surface area contributed by atoms with Crippen LogP contribution in [0.25, 0.3) is 0 Å². The summed E-state index contributed by atoms with van der Waals surface area (Å²) in [6.45, 7) is 4.40. The zero-order valence-electron chi connectivity index (χ0n) is 13.8. The smallest absolute Gasteiger partial charge is 0.248 e. The Bertz CT molecular complexity index is 763. The number of rotatable bonds is 6. The van der Waals surface area contributed by atoms with Gasteiger partial charge in [0.25, 0.3) is 0 Å². The molecule has 3 heterocycles. The van der Waals surface area contributed by atoms with E-state index in [2.05, 4.69) is 10.1 Å². The Morgan fingerprint density at radius 1 is 1.33 bits per heavy atom. The number of hydrogen-bond acceptors (Lipinski definition) is 6. The van der Waals surface area contributed by atoms with Crippen LogP contribution in [0.5, 0.6) is 0 Å². The molecule has 7 nitrogen and oxygen atoms in total. The molecule has 2 aromatic rings. The molecule has 1 aliphatic heterocycles. The normalized spacial score (nSPS) is 18.4.